The van der Waals surface area contributed by atoms with Crippen LogP contribution in [0.4, 0.5) is 0 Å². The summed E-state index contributed by atoms with van der Waals surface area (Å²) in [5.74, 6) is 0.388. The van der Waals surface area contributed by atoms with E-state index in [4.69, 9.17) is 14.0 Å². The van der Waals surface area contributed by atoms with Crippen LogP contribution >= 0.6 is 0 Å². The molecule has 0 unspecified atom stereocenters. The number of ketones is 1. The SMILES string of the molecule is Cc1ccc(C(=O)[C@@H](C)OC(=O)c2cccc(OCc3c(C)noc3C)c2)cc1C. The number of aryl methyl sites for hydroxylation is 4. The molecule has 1 atom stereocenters. The lowest BCUT2D eigenvalue weighted by atomic mass is 10.0. The van der Waals surface area contributed by atoms with Gasteiger partial charge in [-0.3, -0.25) is 4.79 Å². The fourth-order valence-electron chi connectivity index (χ4n) is 2.99. The average Bonchev–Trinajstić information content (AvgIpc) is 3.05. The van der Waals surface area contributed by atoms with Crippen LogP contribution in [-0.4, -0.2) is 23.0 Å². The minimum atomic E-state index is -0.897. The molecular formula is C24H25NO5. The molecule has 0 saturated carbocycles. The third-order valence-electron chi connectivity index (χ3n) is 5.08. The van der Waals surface area contributed by atoms with Gasteiger partial charge in [-0.2, -0.15) is 0 Å². The van der Waals surface area contributed by atoms with Crippen LogP contribution in [0.3, 0.4) is 0 Å². The molecule has 6 heteroatoms. The minimum Gasteiger partial charge on any atom is -0.489 e. The summed E-state index contributed by atoms with van der Waals surface area (Å²) in [5.41, 5.74) is 4.59. The topological polar surface area (TPSA) is 78.6 Å². The van der Waals surface area contributed by atoms with Crippen molar-refractivity contribution in [2.75, 3.05) is 0 Å². The molecule has 0 spiro atoms. The number of aromatic nitrogens is 1. The van der Waals surface area contributed by atoms with E-state index in [1.54, 1.807) is 37.3 Å². The van der Waals surface area contributed by atoms with Crippen molar-refractivity contribution in [1.29, 1.82) is 0 Å². The highest BCUT2D eigenvalue weighted by molar-refractivity contribution is 6.01. The summed E-state index contributed by atoms with van der Waals surface area (Å²) in [6, 6.07) is 12.1. The highest BCUT2D eigenvalue weighted by Crippen LogP contribution is 2.20. The van der Waals surface area contributed by atoms with Crippen LogP contribution in [0.5, 0.6) is 5.75 Å². The predicted octanol–water partition coefficient (Wildman–Crippen LogP) is 4.92. The van der Waals surface area contributed by atoms with Crippen LogP contribution in [0.15, 0.2) is 47.0 Å². The van der Waals surface area contributed by atoms with Gasteiger partial charge in [-0.15, -0.1) is 0 Å². The first-order valence-electron chi connectivity index (χ1n) is 9.73. The van der Waals surface area contributed by atoms with Gasteiger partial charge in [0.2, 0.25) is 5.78 Å². The largest absolute Gasteiger partial charge is 0.489 e. The van der Waals surface area contributed by atoms with E-state index in [9.17, 15) is 9.59 Å². The smallest absolute Gasteiger partial charge is 0.338 e. The maximum Gasteiger partial charge on any atom is 0.338 e. The van der Waals surface area contributed by atoms with Gasteiger partial charge in [-0.05, 0) is 70.0 Å². The molecule has 6 nitrogen and oxygen atoms in total. The van der Waals surface area contributed by atoms with Crippen molar-refractivity contribution in [2.24, 2.45) is 0 Å². The van der Waals surface area contributed by atoms with E-state index in [-0.39, 0.29) is 12.4 Å². The van der Waals surface area contributed by atoms with Crippen LogP contribution in [0.25, 0.3) is 0 Å². The monoisotopic (exact) mass is 407 g/mol. The Bertz CT molecular complexity index is 1060. The Labute approximate surface area is 175 Å². The number of rotatable bonds is 7. The second-order valence-electron chi connectivity index (χ2n) is 7.33. The number of esters is 1. The summed E-state index contributed by atoms with van der Waals surface area (Å²) in [4.78, 5) is 25.2. The molecule has 0 amide bonds. The molecule has 3 aromatic rings. The first-order valence-corrected chi connectivity index (χ1v) is 9.73. The number of hydrogen-bond donors (Lipinski definition) is 0. The number of Topliss-reactive ketones (excluding diaryl/α,β-unsaturated/α-hetero) is 1. The molecule has 156 valence electrons. The number of hydrogen-bond acceptors (Lipinski definition) is 6. The minimum absolute atomic E-state index is 0.239. The lowest BCUT2D eigenvalue weighted by Crippen LogP contribution is -2.24. The molecule has 0 aliphatic carbocycles. The van der Waals surface area contributed by atoms with Crippen molar-refractivity contribution in [3.8, 4) is 5.75 Å². The highest BCUT2D eigenvalue weighted by atomic mass is 16.5. The first kappa shape index (κ1) is 21.3. The molecule has 0 aliphatic rings. The Morgan fingerprint density at radius 2 is 1.77 bits per heavy atom. The molecule has 0 fully saturated rings. The highest BCUT2D eigenvalue weighted by Gasteiger charge is 2.21. The van der Waals surface area contributed by atoms with Gasteiger partial charge < -0.3 is 14.0 Å². The standard InChI is InChI=1S/C24H25NO5/c1-14-9-10-19(11-15(14)2)23(26)18(5)29-24(27)20-7-6-8-21(12-20)28-13-22-16(3)25-30-17(22)4/h6-12,18H,13H2,1-5H3/t18-/m1/s1. The van der Waals surface area contributed by atoms with Gasteiger partial charge in [0.1, 0.15) is 18.1 Å². The first-order chi connectivity index (χ1) is 14.3. The van der Waals surface area contributed by atoms with Crippen LogP contribution in [0.1, 0.15) is 55.8 Å². The molecule has 1 aromatic heterocycles. The number of benzene rings is 2. The van der Waals surface area contributed by atoms with E-state index in [1.807, 2.05) is 39.8 Å². The summed E-state index contributed by atoms with van der Waals surface area (Å²) in [5, 5.41) is 3.90. The van der Waals surface area contributed by atoms with Gasteiger partial charge in [-0.25, -0.2) is 4.79 Å². The fourth-order valence-corrected chi connectivity index (χ4v) is 2.99. The molecule has 30 heavy (non-hydrogen) atoms. The second kappa shape index (κ2) is 8.95. The molecular weight excluding hydrogens is 382 g/mol. The van der Waals surface area contributed by atoms with Crippen LogP contribution in [-0.2, 0) is 11.3 Å². The molecule has 0 bridgehead atoms. The van der Waals surface area contributed by atoms with E-state index in [0.717, 1.165) is 22.4 Å². The van der Waals surface area contributed by atoms with Gasteiger partial charge in [0.25, 0.3) is 0 Å². The Kier molecular flexibility index (Phi) is 6.35. The van der Waals surface area contributed by atoms with Gasteiger partial charge >= 0.3 is 5.97 Å². The number of ether oxygens (including phenoxy) is 2. The number of carbonyl (C=O) groups is 2. The van der Waals surface area contributed by atoms with E-state index in [1.165, 1.54) is 0 Å². The maximum absolute atomic E-state index is 12.6. The van der Waals surface area contributed by atoms with Crippen LogP contribution < -0.4 is 4.74 Å². The van der Waals surface area contributed by atoms with Crippen molar-refractivity contribution in [2.45, 2.75) is 47.3 Å². The zero-order valence-electron chi connectivity index (χ0n) is 17.8. The molecule has 0 aliphatic heterocycles. The van der Waals surface area contributed by atoms with Crippen molar-refractivity contribution >= 4 is 11.8 Å². The Hall–Kier alpha value is -3.41. The lowest BCUT2D eigenvalue weighted by molar-refractivity contribution is 0.0318. The molecule has 0 radical (unpaired) electrons. The normalized spacial score (nSPS) is 11.8. The van der Waals surface area contributed by atoms with Crippen molar-refractivity contribution in [3.63, 3.8) is 0 Å². The molecule has 0 N–H and O–H groups in total. The molecule has 0 saturated heterocycles. The molecule has 2 aromatic carbocycles. The Balaban J connectivity index is 1.65. The van der Waals surface area contributed by atoms with Crippen molar-refractivity contribution < 1.29 is 23.6 Å². The van der Waals surface area contributed by atoms with Gasteiger partial charge in [0.15, 0.2) is 6.10 Å². The lowest BCUT2D eigenvalue weighted by Gasteiger charge is -2.14. The summed E-state index contributed by atoms with van der Waals surface area (Å²) in [7, 11) is 0. The van der Waals surface area contributed by atoms with E-state index in [0.29, 0.717) is 22.6 Å². The summed E-state index contributed by atoms with van der Waals surface area (Å²) in [6.45, 7) is 9.44. The van der Waals surface area contributed by atoms with Crippen molar-refractivity contribution in [1.82, 2.24) is 5.16 Å². The molecule has 1 heterocycles. The quantitative estimate of drug-likeness (QED) is 0.409. The van der Waals surface area contributed by atoms with Crippen molar-refractivity contribution in [3.05, 3.63) is 81.7 Å². The summed E-state index contributed by atoms with van der Waals surface area (Å²) < 4.78 is 16.3. The fraction of sp³-hybridized carbons (Fsp3) is 0.292. The maximum atomic E-state index is 12.6. The third-order valence-corrected chi connectivity index (χ3v) is 5.08. The number of carbonyl (C=O) groups excluding carboxylic acids is 2. The van der Waals surface area contributed by atoms with E-state index in [2.05, 4.69) is 5.16 Å². The van der Waals surface area contributed by atoms with Gasteiger partial charge in [0.05, 0.1) is 16.8 Å². The average molecular weight is 407 g/mol. The Morgan fingerprint density at radius 1 is 1.00 bits per heavy atom. The molecule has 3 rings (SSSR count). The van der Waals surface area contributed by atoms with E-state index < -0.39 is 12.1 Å². The summed E-state index contributed by atoms with van der Waals surface area (Å²) in [6.07, 6.45) is -0.897. The second-order valence-corrected chi connectivity index (χ2v) is 7.33. The number of nitrogens with zero attached hydrogens (tertiary/aromatic N) is 1. The Morgan fingerprint density at radius 3 is 2.43 bits per heavy atom. The zero-order valence-corrected chi connectivity index (χ0v) is 17.8. The van der Waals surface area contributed by atoms with Gasteiger partial charge in [0, 0.05) is 5.56 Å². The predicted molar refractivity (Wildman–Crippen MR) is 112 cm³/mol. The zero-order chi connectivity index (χ0) is 21.8. The van der Waals surface area contributed by atoms with Crippen LogP contribution in [0, 0.1) is 27.7 Å². The van der Waals surface area contributed by atoms with Gasteiger partial charge in [-0.1, -0.05) is 23.4 Å². The summed E-state index contributed by atoms with van der Waals surface area (Å²) >= 11 is 0. The van der Waals surface area contributed by atoms with Crippen LogP contribution in [0.2, 0.25) is 0 Å². The van der Waals surface area contributed by atoms with E-state index >= 15 is 0 Å². The third kappa shape index (κ3) is 4.76.